The first-order valence-electron chi connectivity index (χ1n) is 9.20. The number of allylic oxidation sites excluding steroid dienone is 1. The van der Waals surface area contributed by atoms with Gasteiger partial charge in [0, 0.05) is 6.54 Å². The van der Waals surface area contributed by atoms with Crippen LogP contribution in [-0.2, 0) is 11.3 Å². The summed E-state index contributed by atoms with van der Waals surface area (Å²) in [5, 5.41) is 10.5. The van der Waals surface area contributed by atoms with Crippen LogP contribution in [0.5, 0.6) is 0 Å². The Kier molecular flexibility index (Phi) is 4.86. The van der Waals surface area contributed by atoms with Crippen LogP contribution in [0.4, 0.5) is 5.82 Å². The van der Waals surface area contributed by atoms with E-state index in [2.05, 4.69) is 26.7 Å². The number of carbonyl (C=O) groups excluding carboxylic acids is 1. The number of aromatic nitrogens is 4. The Balaban J connectivity index is 1.51. The van der Waals surface area contributed by atoms with Crippen LogP contribution >= 0.6 is 0 Å². The van der Waals surface area contributed by atoms with Gasteiger partial charge in [0.1, 0.15) is 6.54 Å². The van der Waals surface area contributed by atoms with E-state index < -0.39 is 0 Å². The van der Waals surface area contributed by atoms with Crippen LogP contribution in [-0.4, -0.2) is 32.3 Å². The maximum atomic E-state index is 12.5. The second kappa shape index (κ2) is 7.61. The number of nitrogens with zero attached hydrogens (tertiary/aromatic N) is 4. The summed E-state index contributed by atoms with van der Waals surface area (Å²) in [7, 11) is 0. The molecule has 0 spiro atoms. The minimum atomic E-state index is -0.0779. The van der Waals surface area contributed by atoms with E-state index in [1.807, 2.05) is 24.3 Å². The van der Waals surface area contributed by atoms with E-state index in [4.69, 9.17) is 10.4 Å². The maximum absolute atomic E-state index is 12.5. The van der Waals surface area contributed by atoms with Crippen LogP contribution < -0.4 is 11.1 Å². The van der Waals surface area contributed by atoms with Gasteiger partial charge in [-0.15, -0.1) is 0 Å². The molecule has 2 aromatic heterocycles. The van der Waals surface area contributed by atoms with E-state index in [1.54, 1.807) is 4.57 Å². The summed E-state index contributed by atoms with van der Waals surface area (Å²) in [6, 6.07) is 7.59. The van der Waals surface area contributed by atoms with Crippen LogP contribution in [0.2, 0.25) is 0 Å². The lowest BCUT2D eigenvalue weighted by Crippen LogP contribution is -2.29. The van der Waals surface area contributed by atoms with Gasteiger partial charge in [-0.25, -0.2) is 9.61 Å². The number of para-hydroxylation sites is 2. The fourth-order valence-electron chi connectivity index (χ4n) is 3.46. The molecular weight excluding hydrogens is 344 g/mol. The van der Waals surface area contributed by atoms with Crippen molar-refractivity contribution in [1.82, 2.24) is 25.2 Å². The van der Waals surface area contributed by atoms with Crippen molar-refractivity contribution in [2.45, 2.75) is 38.6 Å². The Morgan fingerprint density at radius 3 is 2.93 bits per heavy atom. The van der Waals surface area contributed by atoms with E-state index in [9.17, 15) is 4.79 Å². The molecule has 0 fully saturated rings. The van der Waals surface area contributed by atoms with Crippen LogP contribution in [0.1, 0.15) is 32.1 Å². The molecule has 140 valence electrons. The average molecular weight is 366 g/mol. The minimum Gasteiger partial charge on any atom is -0.379 e. The van der Waals surface area contributed by atoms with Gasteiger partial charge in [0.2, 0.25) is 5.91 Å². The standard InChI is InChI=1S/C19H22N6O2/c20-18-17(23-27-24-18)19-22-14-8-4-5-9-15(14)25(19)12-16(26)21-11-10-13-6-2-1-3-7-13/h4-6,8-9H,1-3,7,10-12H2,(H2,20,24)(H,21,26). The van der Waals surface area contributed by atoms with E-state index in [0.717, 1.165) is 30.3 Å². The zero-order chi connectivity index (χ0) is 18.6. The van der Waals surface area contributed by atoms with Crippen molar-refractivity contribution in [3.8, 4) is 11.5 Å². The number of benzene rings is 1. The monoisotopic (exact) mass is 366 g/mol. The number of carbonyl (C=O) groups is 1. The molecule has 0 saturated heterocycles. The van der Waals surface area contributed by atoms with Crippen LogP contribution in [0.15, 0.2) is 40.5 Å². The van der Waals surface area contributed by atoms with Crippen molar-refractivity contribution in [3.63, 3.8) is 0 Å². The molecule has 4 rings (SSSR count). The summed E-state index contributed by atoms with van der Waals surface area (Å²) in [6.45, 7) is 0.765. The number of hydrogen-bond donors (Lipinski definition) is 2. The normalized spacial score (nSPS) is 14.3. The van der Waals surface area contributed by atoms with Crippen LogP contribution in [0.25, 0.3) is 22.6 Å². The quantitative estimate of drug-likeness (QED) is 0.649. The number of anilines is 1. The lowest BCUT2D eigenvalue weighted by molar-refractivity contribution is -0.121. The van der Waals surface area contributed by atoms with Crippen molar-refractivity contribution >= 4 is 22.8 Å². The number of nitrogen functional groups attached to an aromatic ring is 1. The molecule has 0 bridgehead atoms. The molecular formula is C19H22N6O2. The summed E-state index contributed by atoms with van der Waals surface area (Å²) >= 11 is 0. The van der Waals surface area contributed by atoms with E-state index in [1.165, 1.54) is 18.4 Å². The second-order valence-electron chi connectivity index (χ2n) is 6.72. The number of rotatable bonds is 6. The number of fused-ring (bicyclic) bond motifs is 1. The van der Waals surface area contributed by atoms with Crippen molar-refractivity contribution < 1.29 is 9.42 Å². The fourth-order valence-corrected chi connectivity index (χ4v) is 3.46. The Morgan fingerprint density at radius 1 is 1.26 bits per heavy atom. The minimum absolute atomic E-state index is 0.0779. The SMILES string of the molecule is Nc1nonc1-c1nc2ccccc2n1CC(=O)NCCC1=CCCCC1. The highest BCUT2D eigenvalue weighted by Gasteiger charge is 2.20. The zero-order valence-electron chi connectivity index (χ0n) is 15.0. The van der Waals surface area contributed by atoms with Gasteiger partial charge < -0.3 is 15.6 Å². The van der Waals surface area contributed by atoms with Gasteiger partial charge in [-0.2, -0.15) is 0 Å². The smallest absolute Gasteiger partial charge is 0.240 e. The summed E-state index contributed by atoms with van der Waals surface area (Å²) in [5.41, 5.74) is 9.20. The van der Waals surface area contributed by atoms with Crippen LogP contribution in [0, 0.1) is 0 Å². The molecule has 8 heteroatoms. The Morgan fingerprint density at radius 2 is 2.15 bits per heavy atom. The fraction of sp³-hybridized carbons (Fsp3) is 0.368. The van der Waals surface area contributed by atoms with Crippen LogP contribution in [0.3, 0.4) is 0 Å². The Hall–Kier alpha value is -3.16. The number of nitrogens with two attached hydrogens (primary N) is 1. The summed E-state index contributed by atoms with van der Waals surface area (Å²) in [4.78, 5) is 17.1. The molecule has 0 radical (unpaired) electrons. The molecule has 1 aromatic carbocycles. The largest absolute Gasteiger partial charge is 0.379 e. The van der Waals surface area contributed by atoms with Crippen molar-refractivity contribution in [1.29, 1.82) is 0 Å². The molecule has 1 aliphatic rings. The van der Waals surface area contributed by atoms with Crippen molar-refractivity contribution in [3.05, 3.63) is 35.9 Å². The van der Waals surface area contributed by atoms with Crippen molar-refractivity contribution in [2.75, 3.05) is 12.3 Å². The molecule has 2 heterocycles. The number of amides is 1. The van der Waals surface area contributed by atoms with Gasteiger partial charge in [-0.3, -0.25) is 4.79 Å². The molecule has 3 aromatic rings. The zero-order valence-corrected chi connectivity index (χ0v) is 15.0. The highest BCUT2D eigenvalue weighted by atomic mass is 16.6. The molecule has 27 heavy (non-hydrogen) atoms. The molecule has 1 aliphatic carbocycles. The second-order valence-corrected chi connectivity index (χ2v) is 6.72. The van der Waals surface area contributed by atoms with Gasteiger partial charge >= 0.3 is 0 Å². The lowest BCUT2D eigenvalue weighted by Gasteiger charge is -2.13. The van der Waals surface area contributed by atoms with E-state index in [-0.39, 0.29) is 18.3 Å². The Labute approximate surface area is 156 Å². The molecule has 0 atom stereocenters. The highest BCUT2D eigenvalue weighted by Crippen LogP contribution is 2.26. The Bertz CT molecular complexity index is 987. The molecule has 0 aliphatic heterocycles. The number of nitrogens with one attached hydrogen (secondary N) is 1. The average Bonchev–Trinajstić information content (AvgIpc) is 3.26. The van der Waals surface area contributed by atoms with E-state index >= 15 is 0 Å². The molecule has 8 nitrogen and oxygen atoms in total. The van der Waals surface area contributed by atoms with Gasteiger partial charge in [-0.1, -0.05) is 23.8 Å². The predicted octanol–water partition coefficient (Wildman–Crippen LogP) is 2.68. The lowest BCUT2D eigenvalue weighted by atomic mass is 9.97. The predicted molar refractivity (Wildman–Crippen MR) is 102 cm³/mol. The number of hydrogen-bond acceptors (Lipinski definition) is 6. The first kappa shape index (κ1) is 17.3. The topological polar surface area (TPSA) is 112 Å². The highest BCUT2D eigenvalue weighted by molar-refractivity contribution is 5.85. The molecule has 0 unspecified atom stereocenters. The maximum Gasteiger partial charge on any atom is 0.240 e. The van der Waals surface area contributed by atoms with E-state index in [0.29, 0.717) is 18.1 Å². The summed E-state index contributed by atoms with van der Waals surface area (Å²) < 4.78 is 6.49. The molecule has 3 N–H and O–H groups in total. The molecule has 1 amide bonds. The third kappa shape index (κ3) is 3.69. The van der Waals surface area contributed by atoms with Gasteiger partial charge in [0.05, 0.1) is 11.0 Å². The first-order valence-corrected chi connectivity index (χ1v) is 9.20. The van der Waals surface area contributed by atoms with Gasteiger partial charge in [-0.05, 0) is 54.6 Å². The van der Waals surface area contributed by atoms with Crippen molar-refractivity contribution in [2.24, 2.45) is 0 Å². The summed E-state index contributed by atoms with van der Waals surface area (Å²) in [6.07, 6.45) is 8.02. The van der Waals surface area contributed by atoms with Gasteiger partial charge in [0.15, 0.2) is 17.3 Å². The third-order valence-electron chi connectivity index (χ3n) is 4.84. The molecule has 0 saturated carbocycles. The number of imidazole rings is 1. The summed E-state index contributed by atoms with van der Waals surface area (Å²) in [5.74, 6) is 0.544. The first-order chi connectivity index (χ1) is 13.2. The third-order valence-corrected chi connectivity index (χ3v) is 4.84. The van der Waals surface area contributed by atoms with Gasteiger partial charge in [0.25, 0.3) is 0 Å².